The number of hydrogen-bond donors (Lipinski definition) is 1. The van der Waals surface area contributed by atoms with Crippen LogP contribution >= 0.6 is 11.3 Å². The SMILES string of the molecule is CCCCCOc1ccc(C2C(=C(O)c3c(C)nc4ccccn34)C(=O)C(=O)N2c2nc(C)c(C(=O)OCC)s2)cc1OC. The van der Waals surface area contributed by atoms with Crippen LogP contribution in [0.2, 0.25) is 0 Å². The maximum absolute atomic E-state index is 13.8. The molecule has 230 valence electrons. The molecule has 12 heteroatoms. The van der Waals surface area contributed by atoms with Gasteiger partial charge in [-0.3, -0.25) is 18.9 Å². The quantitative estimate of drug-likeness (QED) is 0.0729. The van der Waals surface area contributed by atoms with E-state index in [1.54, 1.807) is 61.7 Å². The second-order valence-corrected chi connectivity index (χ2v) is 11.2. The van der Waals surface area contributed by atoms with Crippen LogP contribution in [0.15, 0.2) is 48.2 Å². The van der Waals surface area contributed by atoms with E-state index in [-0.39, 0.29) is 33.6 Å². The first-order valence-corrected chi connectivity index (χ1v) is 15.2. The van der Waals surface area contributed by atoms with Gasteiger partial charge in [0.1, 0.15) is 16.2 Å². The van der Waals surface area contributed by atoms with Crippen molar-refractivity contribution in [3.63, 3.8) is 0 Å². The number of aliphatic hydroxyl groups excluding tert-OH is 1. The number of unbranched alkanes of at least 4 members (excludes halogenated alkanes) is 2. The third-order valence-corrected chi connectivity index (χ3v) is 8.47. The maximum atomic E-state index is 13.8. The predicted molar refractivity (Wildman–Crippen MR) is 166 cm³/mol. The van der Waals surface area contributed by atoms with Gasteiger partial charge in [0.2, 0.25) is 0 Å². The van der Waals surface area contributed by atoms with Crippen LogP contribution in [-0.2, 0) is 14.3 Å². The van der Waals surface area contributed by atoms with E-state index in [9.17, 15) is 19.5 Å². The fraction of sp³-hybridized carbons (Fsp3) is 0.344. The molecule has 0 radical (unpaired) electrons. The van der Waals surface area contributed by atoms with Crippen molar-refractivity contribution < 1.29 is 33.7 Å². The number of hydrogen-bond acceptors (Lipinski definition) is 10. The number of aryl methyl sites for hydroxylation is 2. The summed E-state index contributed by atoms with van der Waals surface area (Å²) in [5.74, 6) is -1.85. The molecule has 3 aromatic heterocycles. The summed E-state index contributed by atoms with van der Waals surface area (Å²) in [7, 11) is 1.51. The summed E-state index contributed by atoms with van der Waals surface area (Å²) in [4.78, 5) is 50.6. The van der Waals surface area contributed by atoms with Gasteiger partial charge in [-0.1, -0.05) is 43.2 Å². The molecule has 1 unspecified atom stereocenters. The molecule has 0 aliphatic carbocycles. The van der Waals surface area contributed by atoms with Gasteiger partial charge in [0, 0.05) is 6.20 Å². The van der Waals surface area contributed by atoms with E-state index < -0.39 is 23.7 Å². The number of aliphatic hydroxyl groups is 1. The summed E-state index contributed by atoms with van der Waals surface area (Å²) in [6, 6.07) is 9.39. The Morgan fingerprint density at radius 1 is 1.05 bits per heavy atom. The zero-order valence-electron chi connectivity index (χ0n) is 25.2. The van der Waals surface area contributed by atoms with Crippen LogP contribution < -0.4 is 14.4 Å². The molecule has 44 heavy (non-hydrogen) atoms. The van der Waals surface area contributed by atoms with Crippen LogP contribution in [0.1, 0.15) is 71.5 Å². The summed E-state index contributed by atoms with van der Waals surface area (Å²) in [6.07, 6.45) is 4.68. The molecule has 1 fully saturated rings. The number of ketones is 1. The summed E-state index contributed by atoms with van der Waals surface area (Å²) < 4.78 is 18.4. The number of ether oxygens (including phenoxy) is 3. The van der Waals surface area contributed by atoms with E-state index in [0.29, 0.717) is 40.7 Å². The number of esters is 1. The molecule has 1 saturated heterocycles. The van der Waals surface area contributed by atoms with Gasteiger partial charge in [0.05, 0.1) is 43.3 Å². The van der Waals surface area contributed by atoms with Crippen LogP contribution in [0.25, 0.3) is 11.4 Å². The lowest BCUT2D eigenvalue weighted by Gasteiger charge is -2.24. The standard InChI is InChI=1S/C32H34N4O7S/c1-6-8-11-16-43-21-14-13-20(17-22(21)41-5)26-24(27(37)25-18(3)33-23-12-9-10-15-35(23)25)28(38)30(39)36(26)32-34-19(4)29(44-32)31(40)42-7-2/h9-10,12-15,17,26,37H,6-8,11,16H2,1-5H3. The van der Waals surface area contributed by atoms with Crippen LogP contribution in [0.4, 0.5) is 5.13 Å². The molecule has 5 rings (SSSR count). The average Bonchev–Trinajstić information content (AvgIpc) is 3.65. The normalized spacial score (nSPS) is 16.1. The molecule has 4 heterocycles. The number of nitrogens with zero attached hydrogens (tertiary/aromatic N) is 4. The largest absolute Gasteiger partial charge is 0.505 e. The number of aromatic nitrogens is 3. The van der Waals surface area contributed by atoms with Crippen LogP contribution in [0.3, 0.4) is 0 Å². The molecular weight excluding hydrogens is 584 g/mol. The molecule has 0 saturated carbocycles. The molecular formula is C32H34N4O7S. The lowest BCUT2D eigenvalue weighted by atomic mass is 9.96. The third-order valence-electron chi connectivity index (χ3n) is 7.33. The summed E-state index contributed by atoms with van der Waals surface area (Å²) in [5.41, 5.74) is 2.01. The first-order valence-electron chi connectivity index (χ1n) is 14.4. The van der Waals surface area contributed by atoms with E-state index in [1.807, 2.05) is 6.07 Å². The summed E-state index contributed by atoms with van der Waals surface area (Å²) >= 11 is 0.944. The number of imidazole rings is 1. The maximum Gasteiger partial charge on any atom is 0.350 e. The molecule has 0 spiro atoms. The Balaban J connectivity index is 1.69. The highest BCUT2D eigenvalue weighted by molar-refractivity contribution is 7.17. The van der Waals surface area contributed by atoms with E-state index in [4.69, 9.17) is 14.2 Å². The predicted octanol–water partition coefficient (Wildman–Crippen LogP) is 5.79. The lowest BCUT2D eigenvalue weighted by Crippen LogP contribution is -2.29. The molecule has 1 aliphatic rings. The van der Waals surface area contributed by atoms with Crippen LogP contribution in [0.5, 0.6) is 11.5 Å². The second kappa shape index (κ2) is 12.9. The molecule has 1 aromatic carbocycles. The Labute approximate surface area is 258 Å². The van der Waals surface area contributed by atoms with Gasteiger partial charge in [0.25, 0.3) is 5.78 Å². The van der Waals surface area contributed by atoms with Crippen molar-refractivity contribution in [1.82, 2.24) is 14.4 Å². The fourth-order valence-corrected chi connectivity index (χ4v) is 6.24. The van der Waals surface area contributed by atoms with E-state index >= 15 is 0 Å². The van der Waals surface area contributed by atoms with Crippen molar-refractivity contribution in [2.75, 3.05) is 25.2 Å². The molecule has 1 N–H and O–H groups in total. The minimum atomic E-state index is -1.10. The Hall–Kier alpha value is -4.71. The van der Waals surface area contributed by atoms with Crippen molar-refractivity contribution in [3.05, 3.63) is 75.7 Å². The Kier molecular flexibility index (Phi) is 9.00. The highest BCUT2D eigenvalue weighted by atomic mass is 32.1. The number of rotatable bonds is 11. The number of benzene rings is 1. The van der Waals surface area contributed by atoms with Crippen molar-refractivity contribution >= 4 is 45.5 Å². The van der Waals surface area contributed by atoms with Crippen LogP contribution in [0, 0.1) is 13.8 Å². The minimum Gasteiger partial charge on any atom is -0.505 e. The smallest absolute Gasteiger partial charge is 0.350 e. The molecule has 1 amide bonds. The van der Waals surface area contributed by atoms with Gasteiger partial charge >= 0.3 is 11.9 Å². The zero-order chi connectivity index (χ0) is 31.5. The number of Topliss-reactive ketones (excluding diaryl/α,β-unsaturated/α-hetero) is 1. The average molecular weight is 619 g/mol. The number of carbonyl (C=O) groups excluding carboxylic acids is 3. The summed E-state index contributed by atoms with van der Waals surface area (Å²) in [6.45, 7) is 7.83. The summed E-state index contributed by atoms with van der Waals surface area (Å²) in [5, 5.41) is 11.9. The van der Waals surface area contributed by atoms with E-state index in [2.05, 4.69) is 16.9 Å². The highest BCUT2D eigenvalue weighted by Crippen LogP contribution is 2.46. The first kappa shape index (κ1) is 30.7. The molecule has 1 atom stereocenters. The fourth-order valence-electron chi connectivity index (χ4n) is 5.25. The Morgan fingerprint density at radius 2 is 1.84 bits per heavy atom. The number of pyridine rings is 1. The number of methoxy groups -OCH3 is 1. The number of thiazole rings is 1. The number of carbonyl (C=O) groups is 3. The number of fused-ring (bicyclic) bond motifs is 1. The Morgan fingerprint density at radius 3 is 2.57 bits per heavy atom. The minimum absolute atomic E-state index is 0.116. The molecule has 4 aromatic rings. The Bertz CT molecular complexity index is 1770. The van der Waals surface area contributed by atoms with Gasteiger partial charge in [-0.25, -0.2) is 14.8 Å². The molecule has 1 aliphatic heterocycles. The van der Waals surface area contributed by atoms with Crippen molar-refractivity contribution in [2.24, 2.45) is 0 Å². The number of amides is 1. The number of anilines is 1. The second-order valence-electron chi connectivity index (χ2n) is 10.2. The third kappa shape index (κ3) is 5.52. The van der Waals surface area contributed by atoms with Crippen molar-refractivity contribution in [3.8, 4) is 11.5 Å². The lowest BCUT2D eigenvalue weighted by molar-refractivity contribution is -0.132. The molecule has 0 bridgehead atoms. The van der Waals surface area contributed by atoms with Crippen molar-refractivity contribution in [1.29, 1.82) is 0 Å². The van der Waals surface area contributed by atoms with Gasteiger partial charge in [-0.2, -0.15) is 0 Å². The highest BCUT2D eigenvalue weighted by Gasteiger charge is 2.49. The van der Waals surface area contributed by atoms with Gasteiger partial charge in [-0.15, -0.1) is 0 Å². The van der Waals surface area contributed by atoms with E-state index in [0.717, 1.165) is 30.6 Å². The molecule has 11 nitrogen and oxygen atoms in total. The van der Waals surface area contributed by atoms with Crippen LogP contribution in [-0.4, -0.2) is 57.5 Å². The van der Waals surface area contributed by atoms with Gasteiger partial charge in [0.15, 0.2) is 22.4 Å². The van der Waals surface area contributed by atoms with Gasteiger partial charge < -0.3 is 19.3 Å². The van der Waals surface area contributed by atoms with Crippen molar-refractivity contribution in [2.45, 2.75) is 53.0 Å². The van der Waals surface area contributed by atoms with E-state index in [1.165, 1.54) is 12.0 Å². The first-order chi connectivity index (χ1) is 21.2. The van der Waals surface area contributed by atoms with Gasteiger partial charge in [-0.05, 0) is 57.0 Å². The zero-order valence-corrected chi connectivity index (χ0v) is 26.1. The monoisotopic (exact) mass is 618 g/mol. The topological polar surface area (TPSA) is 133 Å².